The van der Waals surface area contributed by atoms with Crippen molar-refractivity contribution in [3.63, 3.8) is 0 Å². The molecule has 2 N–H and O–H groups in total. The summed E-state index contributed by atoms with van der Waals surface area (Å²) in [6.45, 7) is 1.81. The van der Waals surface area contributed by atoms with E-state index in [9.17, 15) is 9.59 Å². The smallest absolute Gasteiger partial charge is 0.305 e. The van der Waals surface area contributed by atoms with Gasteiger partial charge in [0.15, 0.2) is 5.76 Å². The van der Waals surface area contributed by atoms with E-state index in [2.05, 4.69) is 10.9 Å². The Morgan fingerprint density at radius 1 is 0.862 bits per heavy atom. The van der Waals surface area contributed by atoms with Gasteiger partial charge in [-0.3, -0.25) is 20.4 Å². The number of furan rings is 2. The van der Waals surface area contributed by atoms with Crippen LogP contribution in [0.5, 0.6) is 0 Å². The van der Waals surface area contributed by atoms with E-state index in [1.807, 2.05) is 67.6 Å². The number of carbonyl (C=O) groups is 2. The van der Waals surface area contributed by atoms with Crippen LogP contribution in [0.15, 0.2) is 75.6 Å². The largest absolute Gasteiger partial charge is 0.461 e. The molecule has 0 saturated heterocycles. The molecule has 0 aliphatic heterocycles. The second-order valence-electron chi connectivity index (χ2n) is 6.69. The summed E-state index contributed by atoms with van der Waals surface area (Å²) < 4.78 is 11.4. The Kier molecular flexibility index (Phi) is 5.16. The van der Waals surface area contributed by atoms with Crippen molar-refractivity contribution in [3.8, 4) is 11.3 Å². The van der Waals surface area contributed by atoms with Crippen molar-refractivity contribution < 1.29 is 18.4 Å². The van der Waals surface area contributed by atoms with Crippen LogP contribution in [0.3, 0.4) is 0 Å². The number of hydrazine groups is 1. The van der Waals surface area contributed by atoms with Gasteiger partial charge in [0, 0.05) is 29.4 Å². The fraction of sp³-hybridized carbons (Fsp3) is 0.130. The first-order valence-electron chi connectivity index (χ1n) is 9.33. The maximum atomic E-state index is 12.3. The minimum atomic E-state index is -0.489. The Balaban J connectivity index is 1.30. The van der Waals surface area contributed by atoms with Gasteiger partial charge in [0.25, 0.3) is 0 Å². The molecule has 29 heavy (non-hydrogen) atoms. The lowest BCUT2D eigenvalue weighted by Crippen LogP contribution is -2.41. The van der Waals surface area contributed by atoms with Gasteiger partial charge in [-0.05, 0) is 25.1 Å². The Bertz CT molecular complexity index is 1160. The lowest BCUT2D eigenvalue weighted by molar-refractivity contribution is -0.121. The zero-order chi connectivity index (χ0) is 20.2. The fourth-order valence-electron chi connectivity index (χ4n) is 3.14. The average Bonchev–Trinajstić information content (AvgIpc) is 3.36. The van der Waals surface area contributed by atoms with Gasteiger partial charge in [-0.1, -0.05) is 48.5 Å². The number of amides is 2. The van der Waals surface area contributed by atoms with Gasteiger partial charge in [-0.25, -0.2) is 0 Å². The molecule has 2 amide bonds. The van der Waals surface area contributed by atoms with E-state index in [0.717, 1.165) is 22.3 Å². The topological polar surface area (TPSA) is 84.5 Å². The highest BCUT2D eigenvalue weighted by Gasteiger charge is 2.18. The third-order valence-corrected chi connectivity index (χ3v) is 4.68. The minimum absolute atomic E-state index is 0.182. The van der Waals surface area contributed by atoms with Crippen molar-refractivity contribution in [2.75, 3.05) is 0 Å². The molecule has 4 rings (SSSR count). The van der Waals surface area contributed by atoms with Crippen molar-refractivity contribution in [3.05, 3.63) is 83.8 Å². The summed E-state index contributed by atoms with van der Waals surface area (Å²) in [7, 11) is 0. The van der Waals surface area contributed by atoms with Gasteiger partial charge in [0.05, 0.1) is 0 Å². The molecule has 6 heteroatoms. The van der Waals surface area contributed by atoms with Crippen molar-refractivity contribution in [1.82, 2.24) is 10.9 Å². The molecule has 0 fully saturated rings. The molecular formula is C23H20N2O4. The molecule has 0 saturated carbocycles. The van der Waals surface area contributed by atoms with Crippen molar-refractivity contribution in [1.29, 1.82) is 0 Å². The van der Waals surface area contributed by atoms with Crippen LogP contribution < -0.4 is 10.9 Å². The third kappa shape index (κ3) is 4.06. The van der Waals surface area contributed by atoms with Crippen LogP contribution in [0.25, 0.3) is 22.3 Å². The predicted octanol–water partition coefficient (Wildman–Crippen LogP) is 4.40. The molecule has 2 heterocycles. The Labute approximate surface area is 167 Å². The number of carbonyl (C=O) groups excluding carboxylic acids is 2. The lowest BCUT2D eigenvalue weighted by atomic mass is 10.1. The van der Waals surface area contributed by atoms with Crippen molar-refractivity contribution >= 4 is 22.8 Å². The first-order valence-corrected chi connectivity index (χ1v) is 9.33. The summed E-state index contributed by atoms with van der Waals surface area (Å²) in [5.74, 6) is 0.847. The van der Waals surface area contributed by atoms with Crippen LogP contribution >= 0.6 is 0 Å². The molecule has 2 aromatic heterocycles. The van der Waals surface area contributed by atoms with E-state index in [1.54, 1.807) is 6.07 Å². The van der Waals surface area contributed by atoms with Crippen LogP contribution in [-0.2, 0) is 11.2 Å². The van der Waals surface area contributed by atoms with E-state index >= 15 is 0 Å². The molecule has 0 spiro atoms. The molecule has 4 aromatic rings. The maximum absolute atomic E-state index is 12.3. The highest BCUT2D eigenvalue weighted by molar-refractivity contribution is 5.99. The van der Waals surface area contributed by atoms with Crippen LogP contribution in [0.1, 0.15) is 28.3 Å². The monoisotopic (exact) mass is 388 g/mol. The average molecular weight is 388 g/mol. The number of aryl methyl sites for hydroxylation is 2. The quantitative estimate of drug-likeness (QED) is 0.497. The van der Waals surface area contributed by atoms with Gasteiger partial charge in [0.2, 0.25) is 5.91 Å². The highest BCUT2D eigenvalue weighted by Crippen LogP contribution is 2.25. The molecule has 0 radical (unpaired) electrons. The summed E-state index contributed by atoms with van der Waals surface area (Å²) in [4.78, 5) is 24.4. The van der Waals surface area contributed by atoms with Crippen molar-refractivity contribution in [2.24, 2.45) is 0 Å². The number of benzene rings is 2. The first-order chi connectivity index (χ1) is 14.1. The minimum Gasteiger partial charge on any atom is -0.461 e. The standard InChI is InChI=1S/C23H20N2O4/c1-15-18-9-5-6-10-20(18)29-22(15)23(27)25-24-21(26)14-12-17-11-13-19(28-17)16-7-3-2-4-8-16/h2-11,13H,12,14H2,1H3,(H,24,26)(H,25,27). The third-order valence-electron chi connectivity index (χ3n) is 4.68. The summed E-state index contributed by atoms with van der Waals surface area (Å²) >= 11 is 0. The number of nitrogens with one attached hydrogen (secondary N) is 2. The molecule has 0 aliphatic carbocycles. The van der Waals surface area contributed by atoms with E-state index in [0.29, 0.717) is 17.8 Å². The maximum Gasteiger partial charge on any atom is 0.305 e. The fourth-order valence-corrected chi connectivity index (χ4v) is 3.14. The van der Waals surface area contributed by atoms with Crippen LogP contribution in [0.4, 0.5) is 0 Å². The first kappa shape index (κ1) is 18.6. The molecule has 0 atom stereocenters. The summed E-state index contributed by atoms with van der Waals surface area (Å²) in [5.41, 5.74) is 7.17. The van der Waals surface area contributed by atoms with E-state index in [-0.39, 0.29) is 18.1 Å². The zero-order valence-corrected chi connectivity index (χ0v) is 15.9. The number of fused-ring (bicyclic) bond motifs is 1. The molecule has 6 nitrogen and oxygen atoms in total. The SMILES string of the molecule is Cc1c(C(=O)NNC(=O)CCc2ccc(-c3ccccc3)o2)oc2ccccc12. The second kappa shape index (κ2) is 8.06. The summed E-state index contributed by atoms with van der Waals surface area (Å²) in [6.07, 6.45) is 0.610. The van der Waals surface area contributed by atoms with E-state index < -0.39 is 5.91 Å². The zero-order valence-electron chi connectivity index (χ0n) is 15.9. The molecule has 0 unspecified atom stereocenters. The number of hydrogen-bond donors (Lipinski definition) is 2. The molecule has 0 aliphatic rings. The second-order valence-corrected chi connectivity index (χ2v) is 6.69. The Hall–Kier alpha value is -3.80. The molecule has 146 valence electrons. The van der Waals surface area contributed by atoms with Gasteiger partial charge < -0.3 is 8.83 Å². The summed E-state index contributed by atoms with van der Waals surface area (Å²) in [6, 6.07) is 20.9. The Morgan fingerprint density at radius 2 is 1.62 bits per heavy atom. The van der Waals surface area contributed by atoms with E-state index in [1.165, 1.54) is 0 Å². The van der Waals surface area contributed by atoms with Crippen LogP contribution in [-0.4, -0.2) is 11.8 Å². The van der Waals surface area contributed by atoms with Gasteiger partial charge in [0.1, 0.15) is 17.1 Å². The molecular weight excluding hydrogens is 368 g/mol. The lowest BCUT2D eigenvalue weighted by Gasteiger charge is -2.06. The normalized spacial score (nSPS) is 10.8. The molecule has 0 bridgehead atoms. The summed E-state index contributed by atoms with van der Waals surface area (Å²) in [5, 5.41) is 0.871. The van der Waals surface area contributed by atoms with Gasteiger partial charge in [-0.15, -0.1) is 0 Å². The van der Waals surface area contributed by atoms with Crippen LogP contribution in [0, 0.1) is 6.92 Å². The number of rotatable bonds is 5. The number of para-hydroxylation sites is 1. The van der Waals surface area contributed by atoms with Gasteiger partial charge >= 0.3 is 5.91 Å². The predicted molar refractivity (Wildman–Crippen MR) is 109 cm³/mol. The van der Waals surface area contributed by atoms with Crippen molar-refractivity contribution in [2.45, 2.75) is 19.8 Å². The molecule has 2 aromatic carbocycles. The Morgan fingerprint density at radius 3 is 2.41 bits per heavy atom. The number of hydrogen-bond acceptors (Lipinski definition) is 4. The highest BCUT2D eigenvalue weighted by atomic mass is 16.3. The van der Waals surface area contributed by atoms with E-state index in [4.69, 9.17) is 8.83 Å². The van der Waals surface area contributed by atoms with Crippen LogP contribution in [0.2, 0.25) is 0 Å². The van der Waals surface area contributed by atoms with Gasteiger partial charge in [-0.2, -0.15) is 0 Å².